The number of amides is 1. The second kappa shape index (κ2) is 10.3. The number of nitrogens with zero attached hydrogens (tertiary/aromatic N) is 4. The molecule has 38 heavy (non-hydrogen) atoms. The Morgan fingerprint density at radius 1 is 1.24 bits per heavy atom. The summed E-state index contributed by atoms with van der Waals surface area (Å²) in [6.45, 7) is 9.32. The Kier molecular flexibility index (Phi) is 7.53. The van der Waals surface area contributed by atoms with Gasteiger partial charge in [0, 0.05) is 74.4 Å². The van der Waals surface area contributed by atoms with Gasteiger partial charge in [-0.2, -0.15) is 0 Å². The van der Waals surface area contributed by atoms with Crippen molar-refractivity contribution in [2.45, 2.75) is 45.3 Å². The van der Waals surface area contributed by atoms with Gasteiger partial charge >= 0.3 is 7.12 Å². The first kappa shape index (κ1) is 27.8. The van der Waals surface area contributed by atoms with Gasteiger partial charge in [-0.3, -0.25) is 13.8 Å². The number of carbonyl (C=O) groups excluding carboxylic acids is 1. The van der Waals surface area contributed by atoms with E-state index < -0.39 is 41.4 Å². The molecule has 1 atom stereocenters. The van der Waals surface area contributed by atoms with E-state index in [4.69, 9.17) is 19.0 Å². The van der Waals surface area contributed by atoms with E-state index in [-0.39, 0.29) is 11.5 Å². The van der Waals surface area contributed by atoms with Gasteiger partial charge < -0.3 is 18.9 Å². The number of fused-ring (bicyclic) bond motifs is 1. The molecule has 0 N–H and O–H groups in total. The highest BCUT2D eigenvalue weighted by Gasteiger charge is 2.52. The van der Waals surface area contributed by atoms with Crippen molar-refractivity contribution >= 4 is 60.1 Å². The lowest BCUT2D eigenvalue weighted by atomic mass is 9.85. The number of carbonyl (C=O) groups is 1. The molecular formula is C25H28BF2IN4O4S. The fourth-order valence-electron chi connectivity index (χ4n) is 4.64. The van der Waals surface area contributed by atoms with Crippen molar-refractivity contribution < 1.29 is 27.6 Å². The van der Waals surface area contributed by atoms with Crippen molar-refractivity contribution in [1.29, 1.82) is 0 Å². The summed E-state index contributed by atoms with van der Waals surface area (Å²) in [5, 5.41) is 0. The molecule has 1 unspecified atom stereocenters. The minimum Gasteiger partial charge on any atom is -0.398 e. The van der Waals surface area contributed by atoms with Gasteiger partial charge in [-0.25, -0.2) is 13.8 Å². The third-order valence-electron chi connectivity index (χ3n) is 7.52. The summed E-state index contributed by atoms with van der Waals surface area (Å²) in [5.41, 5.74) is 0.449. The number of benzene rings is 1. The van der Waals surface area contributed by atoms with E-state index in [1.165, 1.54) is 26.2 Å². The zero-order chi connectivity index (χ0) is 27.4. The third-order valence-corrected chi connectivity index (χ3v) is 9.22. The van der Waals surface area contributed by atoms with E-state index in [1.807, 2.05) is 27.7 Å². The second-order valence-corrected chi connectivity index (χ2v) is 12.4. The molecule has 2 aliphatic rings. The van der Waals surface area contributed by atoms with E-state index in [2.05, 4.69) is 26.2 Å². The molecule has 4 heterocycles. The van der Waals surface area contributed by atoms with Crippen molar-refractivity contribution in [3.63, 3.8) is 0 Å². The Morgan fingerprint density at radius 3 is 2.47 bits per heavy atom. The van der Waals surface area contributed by atoms with Gasteiger partial charge in [0.2, 0.25) is 0 Å². The van der Waals surface area contributed by atoms with Crippen molar-refractivity contribution in [2.24, 2.45) is 5.92 Å². The maximum Gasteiger partial charge on any atom is 0.516 e. The summed E-state index contributed by atoms with van der Waals surface area (Å²) in [5.74, 6) is -2.41. The van der Waals surface area contributed by atoms with Crippen LogP contribution in [0.2, 0.25) is 0 Å². The maximum atomic E-state index is 15.3. The molecule has 202 valence electrons. The van der Waals surface area contributed by atoms with Crippen LogP contribution in [0, 0.1) is 17.6 Å². The lowest BCUT2D eigenvalue weighted by molar-refractivity contribution is 0.00578. The van der Waals surface area contributed by atoms with Gasteiger partial charge in [0.25, 0.3) is 5.91 Å². The highest BCUT2D eigenvalue weighted by molar-refractivity contribution is 14.2. The van der Waals surface area contributed by atoms with Gasteiger partial charge in [0.05, 0.1) is 23.4 Å². The van der Waals surface area contributed by atoms with Crippen LogP contribution in [0.5, 0.6) is 0 Å². The zero-order valence-electron chi connectivity index (χ0n) is 21.8. The Labute approximate surface area is 236 Å². The zero-order valence-corrected chi connectivity index (χ0v) is 24.7. The van der Waals surface area contributed by atoms with E-state index in [9.17, 15) is 4.79 Å². The molecule has 2 aromatic heterocycles. The smallest absolute Gasteiger partial charge is 0.398 e. The fraction of sp³-hybridized carbons (Fsp3) is 0.480. The average molecular weight is 656 g/mol. The van der Waals surface area contributed by atoms with E-state index in [1.54, 1.807) is 23.4 Å². The van der Waals surface area contributed by atoms with Crippen LogP contribution >= 0.6 is 30.3 Å². The van der Waals surface area contributed by atoms with Crippen molar-refractivity contribution in [2.75, 3.05) is 26.8 Å². The van der Waals surface area contributed by atoms with Crippen molar-refractivity contribution in [1.82, 2.24) is 18.8 Å². The number of rotatable bonds is 6. The van der Waals surface area contributed by atoms with Gasteiger partial charge in [-0.15, -0.1) is 0 Å². The highest BCUT2D eigenvalue weighted by atomic mass is 127. The molecule has 2 fully saturated rings. The van der Waals surface area contributed by atoms with E-state index >= 15 is 8.78 Å². The quantitative estimate of drug-likeness (QED) is 0.283. The summed E-state index contributed by atoms with van der Waals surface area (Å²) < 4.78 is 50.0. The summed E-state index contributed by atoms with van der Waals surface area (Å²) >= 11 is 2.10. The third kappa shape index (κ3) is 4.96. The largest absolute Gasteiger partial charge is 0.516 e. The maximum absolute atomic E-state index is 15.3. The lowest BCUT2D eigenvalue weighted by Gasteiger charge is -2.32. The normalized spacial score (nSPS) is 20.4. The Bertz CT molecular complexity index is 1360. The van der Waals surface area contributed by atoms with Gasteiger partial charge in [-0.05, 0) is 51.8 Å². The first-order valence-electron chi connectivity index (χ1n) is 12.3. The predicted octanol–water partition coefficient (Wildman–Crippen LogP) is 4.63. The number of ether oxygens (including phenoxy) is 1. The molecule has 2 saturated heterocycles. The molecule has 0 radical (unpaired) electrons. The van der Waals surface area contributed by atoms with Crippen LogP contribution in [-0.2, 0) is 14.0 Å². The number of hydrogen-bond acceptors (Lipinski definition) is 7. The van der Waals surface area contributed by atoms with Gasteiger partial charge in [0.1, 0.15) is 22.7 Å². The van der Waals surface area contributed by atoms with Crippen LogP contribution in [0.25, 0.3) is 22.3 Å². The van der Waals surface area contributed by atoms with Crippen molar-refractivity contribution in [3.8, 4) is 11.1 Å². The number of aromatic nitrogens is 3. The summed E-state index contributed by atoms with van der Waals surface area (Å²) in [4.78, 5) is 23.6. The number of hydrogen-bond donors (Lipinski definition) is 0. The molecule has 0 saturated carbocycles. The standard InChI is InChI=1S/C25H28BF2IN4O4S/c1-24(2)25(3,4)37-26(36-24)19-10-30-22-21(31-19)16(12-33(22)38-29)15-8-17(27)20(18(28)9-15)23(34)32(5)11-14-6-7-35-13-14/h8-10,12,14H,6-7,11,13H2,1-5H3. The summed E-state index contributed by atoms with van der Waals surface area (Å²) in [6.07, 6.45) is 4.12. The molecule has 0 bridgehead atoms. The Morgan fingerprint density at radius 2 is 1.89 bits per heavy atom. The minimum absolute atomic E-state index is 0.156. The van der Waals surface area contributed by atoms with Crippen LogP contribution in [0.1, 0.15) is 44.5 Å². The Balaban J connectivity index is 1.50. The molecule has 1 aromatic carbocycles. The fourth-order valence-corrected chi connectivity index (χ4v) is 5.89. The highest BCUT2D eigenvalue weighted by Crippen LogP contribution is 2.37. The molecule has 8 nitrogen and oxygen atoms in total. The summed E-state index contributed by atoms with van der Waals surface area (Å²) in [7, 11) is 2.16. The minimum atomic E-state index is -0.933. The second-order valence-electron chi connectivity index (χ2n) is 10.7. The first-order chi connectivity index (χ1) is 17.9. The van der Waals surface area contributed by atoms with Crippen LogP contribution < -0.4 is 5.59 Å². The predicted molar refractivity (Wildman–Crippen MR) is 151 cm³/mol. The van der Waals surface area contributed by atoms with Crippen LogP contribution in [-0.4, -0.2) is 69.9 Å². The molecular weight excluding hydrogens is 628 g/mol. The molecule has 3 aromatic rings. The molecule has 0 spiro atoms. The van der Waals surface area contributed by atoms with Gasteiger partial charge in [0.15, 0.2) is 5.65 Å². The van der Waals surface area contributed by atoms with Gasteiger partial charge in [-0.1, -0.05) is 0 Å². The van der Waals surface area contributed by atoms with Crippen LogP contribution in [0.3, 0.4) is 0 Å². The monoisotopic (exact) mass is 656 g/mol. The average Bonchev–Trinajstić information content (AvgIpc) is 3.54. The van der Waals surface area contributed by atoms with Crippen LogP contribution in [0.15, 0.2) is 24.5 Å². The number of halogens is 3. The lowest BCUT2D eigenvalue weighted by Crippen LogP contribution is -2.41. The molecule has 5 rings (SSSR count). The SMILES string of the molecule is CN(CC1CCOC1)C(=O)c1c(F)cc(-c2cn(SI)c3ncc(B4OC(C)(C)C(C)(C)O4)nc23)cc1F. The molecule has 0 aliphatic carbocycles. The topological polar surface area (TPSA) is 78.7 Å². The van der Waals surface area contributed by atoms with E-state index in [0.29, 0.717) is 42.1 Å². The Hall–Kier alpha value is -1.81. The molecule has 1 amide bonds. The first-order valence-corrected chi connectivity index (χ1v) is 15.6. The summed E-state index contributed by atoms with van der Waals surface area (Å²) in [6, 6.07) is 2.34. The van der Waals surface area contributed by atoms with Crippen LogP contribution in [0.4, 0.5) is 8.78 Å². The van der Waals surface area contributed by atoms with Crippen molar-refractivity contribution in [3.05, 3.63) is 41.7 Å². The molecule has 13 heteroatoms. The molecule has 2 aliphatic heterocycles. The van der Waals surface area contributed by atoms with E-state index in [0.717, 1.165) is 6.42 Å².